The molecule has 0 bridgehead atoms. The Morgan fingerprint density at radius 2 is 1.71 bits per heavy atom. The molecule has 0 radical (unpaired) electrons. The lowest BCUT2D eigenvalue weighted by Crippen LogP contribution is -2.10. The topological polar surface area (TPSA) is 70.1 Å². The van der Waals surface area contributed by atoms with Crippen molar-refractivity contribution >= 4 is 33.4 Å². The van der Waals surface area contributed by atoms with E-state index in [0.29, 0.717) is 18.3 Å². The van der Waals surface area contributed by atoms with E-state index in [9.17, 15) is 0 Å². The lowest BCUT2D eigenvalue weighted by Gasteiger charge is -2.12. The van der Waals surface area contributed by atoms with Crippen LogP contribution in [0.5, 0.6) is 0 Å². The van der Waals surface area contributed by atoms with Crippen molar-refractivity contribution in [1.29, 1.82) is 0 Å². The van der Waals surface area contributed by atoms with Crippen molar-refractivity contribution in [2.75, 3.05) is 23.8 Å². The largest absolute Gasteiger partial charge is 0.395 e. The molecule has 122 valence electrons. The van der Waals surface area contributed by atoms with E-state index in [-0.39, 0.29) is 6.61 Å². The Balaban J connectivity index is 1.97. The molecule has 0 spiro atoms. The number of hydrogen-bond donors (Lipinski definition) is 3. The number of hydrogen-bond acceptors (Lipinski definition) is 5. The number of benzene rings is 2. The van der Waals surface area contributed by atoms with Crippen LogP contribution in [0, 0.1) is 0 Å². The van der Waals surface area contributed by atoms with Crippen molar-refractivity contribution < 1.29 is 5.11 Å². The minimum Gasteiger partial charge on any atom is -0.395 e. The Hall–Kier alpha value is -2.44. The van der Waals surface area contributed by atoms with Crippen molar-refractivity contribution in [2.45, 2.75) is 0 Å². The maximum Gasteiger partial charge on any atom is 0.225 e. The Kier molecular flexibility index (Phi) is 5.40. The lowest BCUT2D eigenvalue weighted by molar-refractivity contribution is 0.311. The predicted octanol–water partition coefficient (Wildman–Crippen LogP) is 4.05. The first-order valence-electron chi connectivity index (χ1n) is 7.57. The summed E-state index contributed by atoms with van der Waals surface area (Å²) in [4.78, 5) is 8.99. The van der Waals surface area contributed by atoms with Crippen LogP contribution in [0.1, 0.15) is 0 Å². The molecule has 0 amide bonds. The number of aliphatic hydroxyl groups is 1. The molecule has 0 unspecified atom stereocenters. The molecular weight excluding hydrogens is 368 g/mol. The number of aliphatic hydroxyl groups excluding tert-OH is 1. The molecule has 3 rings (SSSR count). The van der Waals surface area contributed by atoms with E-state index in [1.165, 1.54) is 0 Å². The van der Waals surface area contributed by atoms with Gasteiger partial charge in [-0.15, -0.1) is 0 Å². The zero-order valence-corrected chi connectivity index (χ0v) is 14.5. The molecule has 1 heterocycles. The minimum absolute atomic E-state index is 0.0198. The van der Waals surface area contributed by atoms with Crippen LogP contribution in [0.25, 0.3) is 11.3 Å². The van der Waals surface area contributed by atoms with Gasteiger partial charge in [0.2, 0.25) is 5.95 Å². The average molecular weight is 385 g/mol. The third-order valence-electron chi connectivity index (χ3n) is 3.33. The van der Waals surface area contributed by atoms with Crippen molar-refractivity contribution in [3.05, 3.63) is 65.1 Å². The van der Waals surface area contributed by atoms with Crippen molar-refractivity contribution in [2.24, 2.45) is 0 Å². The molecule has 24 heavy (non-hydrogen) atoms. The number of anilines is 3. The number of rotatable bonds is 6. The molecule has 0 aliphatic carbocycles. The fourth-order valence-corrected chi connectivity index (χ4v) is 2.60. The van der Waals surface area contributed by atoms with Gasteiger partial charge >= 0.3 is 0 Å². The zero-order valence-electron chi connectivity index (χ0n) is 12.9. The maximum atomic E-state index is 9.01. The third kappa shape index (κ3) is 4.10. The molecule has 0 saturated carbocycles. The summed E-state index contributed by atoms with van der Waals surface area (Å²) in [5.74, 6) is 1.15. The summed E-state index contributed by atoms with van der Waals surface area (Å²) in [7, 11) is 0. The van der Waals surface area contributed by atoms with E-state index >= 15 is 0 Å². The van der Waals surface area contributed by atoms with E-state index < -0.39 is 0 Å². The number of halogens is 1. The van der Waals surface area contributed by atoms with Gasteiger partial charge in [-0.25, -0.2) is 4.98 Å². The van der Waals surface area contributed by atoms with Crippen LogP contribution in [0.2, 0.25) is 0 Å². The Morgan fingerprint density at radius 1 is 0.958 bits per heavy atom. The van der Waals surface area contributed by atoms with E-state index in [4.69, 9.17) is 5.11 Å². The summed E-state index contributed by atoms with van der Waals surface area (Å²) < 4.78 is 0.953. The Labute approximate surface area is 148 Å². The molecular formula is C18H17BrN4O. The molecule has 0 fully saturated rings. The quantitative estimate of drug-likeness (QED) is 0.597. The van der Waals surface area contributed by atoms with Crippen LogP contribution in [-0.4, -0.2) is 28.2 Å². The van der Waals surface area contributed by atoms with Gasteiger partial charge in [0.05, 0.1) is 18.0 Å². The number of nitrogens with zero attached hydrogens (tertiary/aromatic N) is 2. The number of aromatic nitrogens is 2. The van der Waals surface area contributed by atoms with Gasteiger partial charge in [-0.2, -0.15) is 4.98 Å². The molecule has 6 heteroatoms. The third-order valence-corrected chi connectivity index (χ3v) is 4.02. The second-order valence-corrected chi connectivity index (χ2v) is 5.94. The maximum absolute atomic E-state index is 9.01. The summed E-state index contributed by atoms with van der Waals surface area (Å²) >= 11 is 3.52. The smallest absolute Gasteiger partial charge is 0.225 e. The van der Waals surface area contributed by atoms with Gasteiger partial charge in [-0.1, -0.05) is 42.5 Å². The van der Waals surface area contributed by atoms with Crippen molar-refractivity contribution in [1.82, 2.24) is 9.97 Å². The van der Waals surface area contributed by atoms with E-state index in [1.54, 1.807) is 0 Å². The van der Waals surface area contributed by atoms with Crippen LogP contribution in [0.4, 0.5) is 17.5 Å². The molecule has 0 aliphatic rings. The van der Waals surface area contributed by atoms with Crippen LogP contribution in [0.15, 0.2) is 65.1 Å². The highest BCUT2D eigenvalue weighted by molar-refractivity contribution is 9.10. The lowest BCUT2D eigenvalue weighted by atomic mass is 10.1. The highest BCUT2D eigenvalue weighted by Crippen LogP contribution is 2.27. The van der Waals surface area contributed by atoms with E-state index in [1.807, 2.05) is 60.7 Å². The van der Waals surface area contributed by atoms with Crippen LogP contribution < -0.4 is 10.6 Å². The summed E-state index contributed by atoms with van der Waals surface area (Å²) in [6, 6.07) is 19.7. The van der Waals surface area contributed by atoms with Crippen LogP contribution >= 0.6 is 15.9 Å². The first kappa shape index (κ1) is 16.4. The molecule has 0 atom stereocenters. The number of nitrogens with one attached hydrogen (secondary N) is 2. The van der Waals surface area contributed by atoms with E-state index in [0.717, 1.165) is 21.4 Å². The zero-order chi connectivity index (χ0) is 16.8. The van der Waals surface area contributed by atoms with E-state index in [2.05, 4.69) is 36.5 Å². The average Bonchev–Trinajstić information content (AvgIpc) is 2.62. The van der Waals surface area contributed by atoms with Gasteiger partial charge in [0.25, 0.3) is 0 Å². The summed E-state index contributed by atoms with van der Waals surface area (Å²) in [5, 5.41) is 15.3. The molecule has 0 aliphatic heterocycles. The standard InChI is InChI=1S/C18H17BrN4O/c19-14-8-4-5-9-15(14)21-17-12-16(13-6-2-1-3-7-13)22-18(23-17)20-10-11-24/h1-9,12,24H,10-11H2,(H2,20,21,22,23). The molecule has 2 aromatic carbocycles. The summed E-state index contributed by atoms with van der Waals surface area (Å²) in [5.41, 5.74) is 2.73. The van der Waals surface area contributed by atoms with Crippen LogP contribution in [-0.2, 0) is 0 Å². The van der Waals surface area contributed by atoms with Crippen LogP contribution in [0.3, 0.4) is 0 Å². The highest BCUT2D eigenvalue weighted by atomic mass is 79.9. The highest BCUT2D eigenvalue weighted by Gasteiger charge is 2.08. The first-order valence-corrected chi connectivity index (χ1v) is 8.36. The van der Waals surface area contributed by atoms with Gasteiger partial charge in [-0.3, -0.25) is 0 Å². The predicted molar refractivity (Wildman–Crippen MR) is 100 cm³/mol. The van der Waals surface area contributed by atoms with Gasteiger partial charge in [-0.05, 0) is 28.1 Å². The second-order valence-electron chi connectivity index (χ2n) is 5.08. The molecule has 3 aromatic rings. The molecule has 5 nitrogen and oxygen atoms in total. The fraction of sp³-hybridized carbons (Fsp3) is 0.111. The van der Waals surface area contributed by atoms with Gasteiger partial charge in [0.15, 0.2) is 0 Å². The summed E-state index contributed by atoms with van der Waals surface area (Å²) in [6.07, 6.45) is 0. The van der Waals surface area contributed by atoms with Crippen molar-refractivity contribution in [3.63, 3.8) is 0 Å². The minimum atomic E-state index is 0.0198. The van der Waals surface area contributed by atoms with Gasteiger partial charge in [0, 0.05) is 22.6 Å². The normalized spacial score (nSPS) is 10.4. The monoisotopic (exact) mass is 384 g/mol. The van der Waals surface area contributed by atoms with Crippen molar-refractivity contribution in [3.8, 4) is 11.3 Å². The second kappa shape index (κ2) is 7.90. The first-order chi connectivity index (χ1) is 11.8. The Bertz CT molecular complexity index is 811. The fourth-order valence-electron chi connectivity index (χ4n) is 2.22. The SMILES string of the molecule is OCCNc1nc(Nc2ccccc2Br)cc(-c2ccccc2)n1. The molecule has 0 saturated heterocycles. The van der Waals surface area contributed by atoms with Gasteiger partial charge < -0.3 is 15.7 Å². The Morgan fingerprint density at radius 3 is 2.46 bits per heavy atom. The molecule has 3 N–H and O–H groups in total. The van der Waals surface area contributed by atoms with Gasteiger partial charge in [0.1, 0.15) is 5.82 Å². The molecule has 1 aromatic heterocycles. The summed E-state index contributed by atoms with van der Waals surface area (Å²) in [6.45, 7) is 0.415. The number of para-hydroxylation sites is 1.